The van der Waals surface area contributed by atoms with Gasteiger partial charge in [0.25, 0.3) is 0 Å². The van der Waals surface area contributed by atoms with E-state index in [2.05, 4.69) is 16.1 Å². The van der Waals surface area contributed by atoms with Gasteiger partial charge in [-0.3, -0.25) is 4.99 Å². The number of amidine groups is 1. The zero-order valence-electron chi connectivity index (χ0n) is 10.7. The van der Waals surface area contributed by atoms with E-state index >= 15 is 0 Å². The zero-order valence-corrected chi connectivity index (χ0v) is 13.1. The number of halogens is 1. The van der Waals surface area contributed by atoms with Gasteiger partial charge in [-0.25, -0.2) is 0 Å². The number of benzene rings is 1. The maximum Gasteiger partial charge on any atom is 0.169 e. The molecule has 0 N–H and O–H groups in total. The van der Waals surface area contributed by atoms with Gasteiger partial charge in [0.1, 0.15) is 5.58 Å². The summed E-state index contributed by atoms with van der Waals surface area (Å²) >= 11 is 9.73. The molecule has 0 fully saturated rings. The summed E-state index contributed by atoms with van der Waals surface area (Å²) in [6.07, 6.45) is 3.79. The van der Waals surface area contributed by atoms with Crippen LogP contribution in [-0.4, -0.2) is 29.4 Å². The van der Waals surface area contributed by atoms with E-state index in [1.165, 1.54) is 9.93 Å². The minimum absolute atomic E-state index is 0.727. The standard InChI is InChI=1S/C14H11ClN2OS2/c1-19-13-11(17-6-5-16-14(17)20-13)9-2-3-10(15)8-4-7-18-12(8)9/h2-4,7H,5-6H2,1H3. The van der Waals surface area contributed by atoms with Gasteiger partial charge in [-0.05, 0) is 36.2 Å². The van der Waals surface area contributed by atoms with Crippen LogP contribution in [-0.2, 0) is 0 Å². The number of hydrogen-bond donors (Lipinski definition) is 0. The molecule has 2 aliphatic heterocycles. The molecule has 1 aromatic heterocycles. The Bertz CT molecular complexity index is 766. The third-order valence-corrected chi connectivity index (χ3v) is 6.01. The SMILES string of the molecule is CSC1=C(c2ccc(Cl)c3ccoc23)N2CCN=C2S1. The van der Waals surface area contributed by atoms with Crippen LogP contribution < -0.4 is 0 Å². The summed E-state index contributed by atoms with van der Waals surface area (Å²) in [5.74, 6) is 0. The van der Waals surface area contributed by atoms with Gasteiger partial charge in [0.05, 0.1) is 27.8 Å². The number of hydrogen-bond acceptors (Lipinski definition) is 5. The number of furan rings is 1. The fraction of sp³-hybridized carbons (Fsp3) is 0.214. The Labute approximate surface area is 130 Å². The van der Waals surface area contributed by atoms with Crippen molar-refractivity contribution in [1.82, 2.24) is 4.90 Å². The van der Waals surface area contributed by atoms with Crippen LogP contribution in [0.3, 0.4) is 0 Å². The molecule has 0 saturated carbocycles. The van der Waals surface area contributed by atoms with Gasteiger partial charge in [0, 0.05) is 17.5 Å². The van der Waals surface area contributed by atoms with E-state index in [4.69, 9.17) is 16.0 Å². The van der Waals surface area contributed by atoms with Gasteiger partial charge in [0.2, 0.25) is 0 Å². The molecule has 0 atom stereocenters. The zero-order chi connectivity index (χ0) is 13.7. The quantitative estimate of drug-likeness (QED) is 0.814. The summed E-state index contributed by atoms with van der Waals surface area (Å²) in [5, 5.41) is 2.79. The molecule has 0 unspecified atom stereocenters. The third kappa shape index (κ3) is 1.73. The molecule has 0 bridgehead atoms. The van der Waals surface area contributed by atoms with Crippen LogP contribution in [0.2, 0.25) is 5.02 Å². The molecule has 0 radical (unpaired) electrons. The Hall–Kier alpha value is -1.04. The molecule has 2 aromatic rings. The van der Waals surface area contributed by atoms with Gasteiger partial charge in [-0.2, -0.15) is 0 Å². The smallest absolute Gasteiger partial charge is 0.169 e. The first-order chi connectivity index (χ1) is 9.79. The fourth-order valence-electron chi connectivity index (χ4n) is 2.57. The molecule has 102 valence electrons. The van der Waals surface area contributed by atoms with Crippen LogP contribution in [0.15, 0.2) is 38.1 Å². The molecule has 3 nitrogen and oxygen atoms in total. The summed E-state index contributed by atoms with van der Waals surface area (Å²) < 4.78 is 6.95. The molecule has 3 heterocycles. The minimum atomic E-state index is 0.727. The summed E-state index contributed by atoms with van der Waals surface area (Å²) in [6, 6.07) is 5.90. The van der Waals surface area contributed by atoms with Crippen LogP contribution in [0.1, 0.15) is 5.56 Å². The molecule has 0 aliphatic carbocycles. The molecular weight excluding hydrogens is 312 g/mol. The second-order valence-electron chi connectivity index (χ2n) is 4.52. The van der Waals surface area contributed by atoms with Crippen LogP contribution in [0.25, 0.3) is 16.7 Å². The normalized spacial score (nSPS) is 18.1. The summed E-state index contributed by atoms with van der Waals surface area (Å²) in [5.41, 5.74) is 3.15. The predicted octanol–water partition coefficient (Wildman–Crippen LogP) is 4.49. The van der Waals surface area contributed by atoms with E-state index in [-0.39, 0.29) is 0 Å². The maximum atomic E-state index is 6.23. The lowest BCUT2D eigenvalue weighted by molar-refractivity contribution is 0.608. The number of fused-ring (bicyclic) bond motifs is 2. The summed E-state index contributed by atoms with van der Waals surface area (Å²) in [6.45, 7) is 1.80. The Balaban J connectivity index is 1.96. The monoisotopic (exact) mass is 322 g/mol. The highest BCUT2D eigenvalue weighted by atomic mass is 35.5. The first-order valence-corrected chi connectivity index (χ1v) is 8.65. The van der Waals surface area contributed by atoms with Gasteiger partial charge < -0.3 is 9.32 Å². The number of rotatable bonds is 2. The van der Waals surface area contributed by atoms with Crippen molar-refractivity contribution in [3.63, 3.8) is 0 Å². The Kier molecular flexibility index (Phi) is 3.02. The average molecular weight is 323 g/mol. The van der Waals surface area contributed by atoms with Crippen LogP contribution in [0, 0.1) is 0 Å². The second-order valence-corrected chi connectivity index (χ2v) is 6.98. The third-order valence-electron chi connectivity index (χ3n) is 3.45. The van der Waals surface area contributed by atoms with Crippen molar-refractivity contribution < 1.29 is 4.42 Å². The molecule has 0 spiro atoms. The topological polar surface area (TPSA) is 28.7 Å². The van der Waals surface area contributed by atoms with E-state index in [0.29, 0.717) is 0 Å². The van der Waals surface area contributed by atoms with E-state index in [0.717, 1.165) is 39.8 Å². The van der Waals surface area contributed by atoms with Crippen LogP contribution >= 0.6 is 35.1 Å². The highest BCUT2D eigenvalue weighted by Crippen LogP contribution is 2.48. The molecule has 0 saturated heterocycles. The number of nitrogens with zero attached hydrogens (tertiary/aromatic N) is 2. The Morgan fingerprint density at radius 1 is 1.40 bits per heavy atom. The van der Waals surface area contributed by atoms with Gasteiger partial charge in [-0.1, -0.05) is 11.6 Å². The lowest BCUT2D eigenvalue weighted by atomic mass is 10.1. The highest BCUT2D eigenvalue weighted by molar-refractivity contribution is 8.30. The molecule has 2 aliphatic rings. The molecule has 20 heavy (non-hydrogen) atoms. The Morgan fingerprint density at radius 3 is 3.15 bits per heavy atom. The number of thioether (sulfide) groups is 2. The predicted molar refractivity (Wildman–Crippen MR) is 88.3 cm³/mol. The van der Waals surface area contributed by atoms with Gasteiger partial charge in [-0.15, -0.1) is 11.8 Å². The van der Waals surface area contributed by atoms with E-state index in [1.54, 1.807) is 29.8 Å². The molecule has 4 rings (SSSR count). The Morgan fingerprint density at radius 2 is 2.30 bits per heavy atom. The van der Waals surface area contributed by atoms with Crippen molar-refractivity contribution in [1.29, 1.82) is 0 Å². The van der Waals surface area contributed by atoms with Crippen LogP contribution in [0.5, 0.6) is 0 Å². The van der Waals surface area contributed by atoms with E-state index < -0.39 is 0 Å². The lowest BCUT2D eigenvalue weighted by Gasteiger charge is -2.17. The van der Waals surface area contributed by atoms with Gasteiger partial charge >= 0.3 is 0 Å². The largest absolute Gasteiger partial charge is 0.464 e. The minimum Gasteiger partial charge on any atom is -0.464 e. The maximum absolute atomic E-state index is 6.23. The van der Waals surface area contributed by atoms with Crippen LogP contribution in [0.4, 0.5) is 0 Å². The van der Waals surface area contributed by atoms with Crippen molar-refractivity contribution in [2.45, 2.75) is 0 Å². The van der Waals surface area contributed by atoms with Crippen molar-refractivity contribution in [3.05, 3.63) is 39.3 Å². The van der Waals surface area contributed by atoms with Crippen molar-refractivity contribution in [2.75, 3.05) is 19.3 Å². The fourth-order valence-corrected chi connectivity index (χ4v) is 4.68. The highest BCUT2D eigenvalue weighted by Gasteiger charge is 2.34. The lowest BCUT2D eigenvalue weighted by Crippen LogP contribution is -2.20. The average Bonchev–Trinajstić information content (AvgIpc) is 3.14. The molecule has 1 aromatic carbocycles. The van der Waals surface area contributed by atoms with E-state index in [1.807, 2.05) is 18.2 Å². The first-order valence-electron chi connectivity index (χ1n) is 6.24. The van der Waals surface area contributed by atoms with Gasteiger partial charge in [0.15, 0.2) is 5.17 Å². The molecule has 6 heteroatoms. The molecule has 0 amide bonds. The summed E-state index contributed by atoms with van der Waals surface area (Å²) in [7, 11) is 0. The summed E-state index contributed by atoms with van der Waals surface area (Å²) in [4.78, 5) is 6.83. The van der Waals surface area contributed by atoms with E-state index in [9.17, 15) is 0 Å². The van der Waals surface area contributed by atoms with Crippen molar-refractivity contribution in [2.24, 2.45) is 4.99 Å². The molecular formula is C14H11ClN2OS2. The second kappa shape index (κ2) is 4.76. The van der Waals surface area contributed by atoms with Crippen molar-refractivity contribution >= 4 is 57.0 Å². The first kappa shape index (κ1) is 12.7. The van der Waals surface area contributed by atoms with Crippen molar-refractivity contribution in [3.8, 4) is 0 Å². The number of aliphatic imine (C=N–C) groups is 1.